The lowest BCUT2D eigenvalue weighted by Crippen LogP contribution is -2.13. The van der Waals surface area contributed by atoms with Gasteiger partial charge in [0.05, 0.1) is 5.69 Å². The number of ketones is 1. The average molecular weight is 252 g/mol. The number of aryl methyl sites for hydroxylation is 3. The first-order valence-electron chi connectivity index (χ1n) is 6.48. The summed E-state index contributed by atoms with van der Waals surface area (Å²) in [6, 6.07) is 7.88. The quantitative estimate of drug-likeness (QED) is 0.731. The van der Waals surface area contributed by atoms with Gasteiger partial charge >= 0.3 is 0 Å². The number of hydrogen-bond acceptors (Lipinski definition) is 2. The third-order valence-corrected chi connectivity index (χ3v) is 3.60. The fourth-order valence-corrected chi connectivity index (χ4v) is 2.60. The van der Waals surface area contributed by atoms with Gasteiger partial charge in [-0.25, -0.2) is 0 Å². The molecule has 0 fully saturated rings. The Kier molecular flexibility index (Phi) is 2.82. The molecule has 0 saturated carbocycles. The number of nitrogens with zero attached hydrogens (tertiary/aromatic N) is 2. The van der Waals surface area contributed by atoms with Crippen LogP contribution in [0.4, 0.5) is 0 Å². The van der Waals surface area contributed by atoms with E-state index in [2.05, 4.69) is 5.10 Å². The molecular weight excluding hydrogens is 236 g/mol. The molecule has 3 nitrogen and oxygen atoms in total. The molecule has 1 heterocycles. The molecule has 0 N–H and O–H groups in total. The molecule has 3 heteroatoms. The SMILES string of the molecule is Cc1nn(C)cc1/C=C1\CCc2ccccc2C1=O. The van der Waals surface area contributed by atoms with Gasteiger partial charge in [0.1, 0.15) is 0 Å². The highest BCUT2D eigenvalue weighted by atomic mass is 16.1. The predicted molar refractivity (Wildman–Crippen MR) is 75.0 cm³/mol. The van der Waals surface area contributed by atoms with Crippen LogP contribution in [-0.2, 0) is 13.5 Å². The van der Waals surface area contributed by atoms with Gasteiger partial charge in [-0.3, -0.25) is 9.48 Å². The molecule has 1 aliphatic carbocycles. The van der Waals surface area contributed by atoms with Gasteiger partial charge in [0.2, 0.25) is 0 Å². The molecule has 0 bridgehead atoms. The van der Waals surface area contributed by atoms with Crippen LogP contribution in [-0.4, -0.2) is 15.6 Å². The standard InChI is InChI=1S/C16H16N2O/c1-11-14(10-18(2)17-11)9-13-8-7-12-5-3-4-6-15(12)16(13)19/h3-6,9-10H,7-8H2,1-2H3/b13-9+. The molecule has 3 rings (SSSR count). The van der Waals surface area contributed by atoms with E-state index in [1.54, 1.807) is 4.68 Å². The summed E-state index contributed by atoms with van der Waals surface area (Å²) in [5, 5.41) is 4.31. The molecule has 0 saturated heterocycles. The number of rotatable bonds is 1. The van der Waals surface area contributed by atoms with Gasteiger partial charge in [-0.15, -0.1) is 0 Å². The Morgan fingerprint density at radius 3 is 2.79 bits per heavy atom. The second kappa shape index (κ2) is 4.50. The molecule has 0 spiro atoms. The molecule has 96 valence electrons. The minimum Gasteiger partial charge on any atom is -0.289 e. The fraction of sp³-hybridized carbons (Fsp3) is 0.250. The lowest BCUT2D eigenvalue weighted by Gasteiger charge is -2.16. The van der Waals surface area contributed by atoms with Crippen LogP contribution in [0.5, 0.6) is 0 Å². The maximum Gasteiger partial charge on any atom is 0.189 e. The fourth-order valence-electron chi connectivity index (χ4n) is 2.60. The molecule has 1 aromatic heterocycles. The third kappa shape index (κ3) is 2.12. The van der Waals surface area contributed by atoms with Crippen molar-refractivity contribution >= 4 is 11.9 Å². The van der Waals surface area contributed by atoms with Crippen molar-refractivity contribution in [2.45, 2.75) is 19.8 Å². The number of aromatic nitrogens is 2. The molecule has 0 aliphatic heterocycles. The number of carbonyl (C=O) groups is 1. The van der Waals surface area contributed by atoms with E-state index in [0.29, 0.717) is 0 Å². The van der Waals surface area contributed by atoms with Crippen LogP contribution in [0.15, 0.2) is 36.0 Å². The normalized spacial score (nSPS) is 16.7. The van der Waals surface area contributed by atoms with Crippen LogP contribution in [0.2, 0.25) is 0 Å². The van der Waals surface area contributed by atoms with Crippen LogP contribution in [0.3, 0.4) is 0 Å². The van der Waals surface area contributed by atoms with E-state index in [1.807, 2.05) is 50.5 Å². The van der Waals surface area contributed by atoms with Gasteiger partial charge in [-0.1, -0.05) is 24.3 Å². The van der Waals surface area contributed by atoms with Crippen LogP contribution < -0.4 is 0 Å². The molecular formula is C16H16N2O. The molecule has 19 heavy (non-hydrogen) atoms. The Morgan fingerprint density at radius 2 is 2.05 bits per heavy atom. The monoisotopic (exact) mass is 252 g/mol. The summed E-state index contributed by atoms with van der Waals surface area (Å²) in [5.41, 5.74) is 4.88. The van der Waals surface area contributed by atoms with Crippen LogP contribution in [0.25, 0.3) is 6.08 Å². The Bertz CT molecular complexity index is 680. The van der Waals surface area contributed by atoms with Gasteiger partial charge < -0.3 is 0 Å². The molecule has 0 atom stereocenters. The molecule has 2 aromatic rings. The second-order valence-corrected chi connectivity index (χ2v) is 5.00. The van der Waals surface area contributed by atoms with Gasteiger partial charge in [0, 0.05) is 29.9 Å². The number of Topliss-reactive ketones (excluding diaryl/α,β-unsaturated/α-hetero) is 1. The van der Waals surface area contributed by atoms with Crippen molar-refractivity contribution in [3.63, 3.8) is 0 Å². The van der Waals surface area contributed by atoms with Crippen molar-refractivity contribution in [2.75, 3.05) is 0 Å². The summed E-state index contributed by atoms with van der Waals surface area (Å²) in [6.07, 6.45) is 5.69. The Labute approximate surface area is 112 Å². The maximum atomic E-state index is 12.4. The summed E-state index contributed by atoms with van der Waals surface area (Å²) in [7, 11) is 1.90. The third-order valence-electron chi connectivity index (χ3n) is 3.60. The summed E-state index contributed by atoms with van der Waals surface area (Å²) < 4.78 is 1.78. The van der Waals surface area contributed by atoms with E-state index in [1.165, 1.54) is 0 Å². The van der Waals surface area contributed by atoms with Crippen molar-refractivity contribution in [1.82, 2.24) is 9.78 Å². The Balaban J connectivity index is 2.00. The zero-order chi connectivity index (χ0) is 13.4. The van der Waals surface area contributed by atoms with Crippen LogP contribution >= 0.6 is 0 Å². The smallest absolute Gasteiger partial charge is 0.189 e. The average Bonchev–Trinajstić information content (AvgIpc) is 2.72. The van der Waals surface area contributed by atoms with E-state index < -0.39 is 0 Å². The van der Waals surface area contributed by atoms with Gasteiger partial charge in [0.25, 0.3) is 0 Å². The lowest BCUT2D eigenvalue weighted by atomic mass is 9.86. The van der Waals surface area contributed by atoms with E-state index in [-0.39, 0.29) is 5.78 Å². The van der Waals surface area contributed by atoms with Crippen molar-refractivity contribution in [1.29, 1.82) is 0 Å². The molecule has 0 unspecified atom stereocenters. The van der Waals surface area contributed by atoms with E-state index >= 15 is 0 Å². The first-order valence-corrected chi connectivity index (χ1v) is 6.48. The Morgan fingerprint density at radius 1 is 1.26 bits per heavy atom. The van der Waals surface area contributed by atoms with Gasteiger partial charge in [0.15, 0.2) is 5.78 Å². The zero-order valence-electron chi connectivity index (χ0n) is 11.2. The van der Waals surface area contributed by atoms with Crippen molar-refractivity contribution in [3.8, 4) is 0 Å². The lowest BCUT2D eigenvalue weighted by molar-refractivity contribution is 0.102. The summed E-state index contributed by atoms with van der Waals surface area (Å²) >= 11 is 0. The van der Waals surface area contributed by atoms with Crippen LogP contribution in [0, 0.1) is 6.92 Å². The first-order chi connectivity index (χ1) is 9.15. The molecule has 0 amide bonds. The zero-order valence-corrected chi connectivity index (χ0v) is 11.2. The number of fused-ring (bicyclic) bond motifs is 1. The number of carbonyl (C=O) groups excluding carboxylic acids is 1. The van der Waals surface area contributed by atoms with E-state index in [4.69, 9.17) is 0 Å². The maximum absolute atomic E-state index is 12.4. The minimum atomic E-state index is 0.158. The topological polar surface area (TPSA) is 34.9 Å². The summed E-state index contributed by atoms with van der Waals surface area (Å²) in [6.45, 7) is 1.97. The highest BCUT2D eigenvalue weighted by Crippen LogP contribution is 2.26. The Hall–Kier alpha value is -2.16. The molecule has 1 aromatic carbocycles. The highest BCUT2D eigenvalue weighted by Gasteiger charge is 2.21. The largest absolute Gasteiger partial charge is 0.289 e. The van der Waals surface area contributed by atoms with Gasteiger partial charge in [-0.2, -0.15) is 5.10 Å². The van der Waals surface area contributed by atoms with Crippen LogP contribution in [0.1, 0.15) is 33.6 Å². The van der Waals surface area contributed by atoms with E-state index in [9.17, 15) is 4.79 Å². The van der Waals surface area contributed by atoms with Gasteiger partial charge in [-0.05, 0) is 31.4 Å². The minimum absolute atomic E-state index is 0.158. The summed E-state index contributed by atoms with van der Waals surface area (Å²) in [5.74, 6) is 0.158. The number of benzene rings is 1. The number of allylic oxidation sites excluding steroid dienone is 1. The second-order valence-electron chi connectivity index (χ2n) is 5.00. The highest BCUT2D eigenvalue weighted by molar-refractivity contribution is 6.13. The van der Waals surface area contributed by atoms with Crippen molar-refractivity contribution in [2.24, 2.45) is 7.05 Å². The summed E-state index contributed by atoms with van der Waals surface area (Å²) in [4.78, 5) is 12.4. The number of hydrogen-bond donors (Lipinski definition) is 0. The molecule has 0 radical (unpaired) electrons. The first kappa shape index (κ1) is 11.9. The predicted octanol–water partition coefficient (Wildman–Crippen LogP) is 2.94. The molecule has 1 aliphatic rings. The van der Waals surface area contributed by atoms with Crippen molar-refractivity contribution < 1.29 is 4.79 Å². The van der Waals surface area contributed by atoms with E-state index in [0.717, 1.165) is 40.8 Å². The van der Waals surface area contributed by atoms with Crippen molar-refractivity contribution in [3.05, 3.63) is 58.4 Å².